The second-order valence-electron chi connectivity index (χ2n) is 7.38. The Balaban J connectivity index is 1.84. The number of halogens is 4. The van der Waals surface area contributed by atoms with Crippen molar-refractivity contribution in [2.75, 3.05) is 31.7 Å². The highest BCUT2D eigenvalue weighted by Gasteiger charge is 2.31. The van der Waals surface area contributed by atoms with Gasteiger partial charge in [-0.2, -0.15) is 13.2 Å². The van der Waals surface area contributed by atoms with E-state index in [0.29, 0.717) is 13.0 Å². The number of rotatable bonds is 9. The number of alkyl halides is 3. The van der Waals surface area contributed by atoms with Gasteiger partial charge in [-0.05, 0) is 43.3 Å². The van der Waals surface area contributed by atoms with Gasteiger partial charge in [0, 0.05) is 18.9 Å². The van der Waals surface area contributed by atoms with Crippen molar-refractivity contribution < 1.29 is 30.7 Å². The molecule has 0 amide bonds. The summed E-state index contributed by atoms with van der Waals surface area (Å²) in [4.78, 5) is 12.5. The fourth-order valence-corrected chi connectivity index (χ4v) is 3.79. The van der Waals surface area contributed by atoms with Crippen LogP contribution >= 0.6 is 11.6 Å². The lowest BCUT2D eigenvalue weighted by molar-refractivity contribution is -0.137. The van der Waals surface area contributed by atoms with Crippen LogP contribution in [0.4, 0.5) is 13.2 Å². The van der Waals surface area contributed by atoms with Crippen LogP contribution in [0.2, 0.25) is 5.02 Å². The number of sulfone groups is 1. The number of ether oxygens (including phenoxy) is 1. The predicted molar refractivity (Wildman–Crippen MR) is 121 cm³/mol. The summed E-state index contributed by atoms with van der Waals surface area (Å²) < 4.78 is 73.3. The Labute approximate surface area is 193 Å². The maximum Gasteiger partial charge on any atom is 0.416 e. The van der Waals surface area contributed by atoms with Gasteiger partial charge in [-0.3, -0.25) is 4.79 Å². The van der Waals surface area contributed by atoms with Crippen LogP contribution < -0.4 is 15.5 Å². The van der Waals surface area contributed by atoms with Crippen LogP contribution in [0.1, 0.15) is 12.0 Å². The Bertz CT molecular complexity index is 1310. The SMILES string of the molecule is CS(=O)(=O)CCNCCCOc1cc(C(F)(F)F)ccc1-c1cc(=O)c2cccc(Cl)c2o1. The Hall–Kier alpha value is -2.56. The predicted octanol–water partition coefficient (Wildman–Crippen LogP) is 4.54. The molecule has 0 atom stereocenters. The molecule has 33 heavy (non-hydrogen) atoms. The number of hydrogen-bond acceptors (Lipinski definition) is 6. The van der Waals surface area contributed by atoms with E-state index in [9.17, 15) is 26.4 Å². The first-order chi connectivity index (χ1) is 15.5. The van der Waals surface area contributed by atoms with Gasteiger partial charge in [-0.25, -0.2) is 8.42 Å². The molecule has 11 heteroatoms. The van der Waals surface area contributed by atoms with Crippen molar-refractivity contribution >= 4 is 32.4 Å². The summed E-state index contributed by atoms with van der Waals surface area (Å²) in [7, 11) is -3.08. The lowest BCUT2D eigenvalue weighted by atomic mass is 10.1. The molecule has 3 aromatic rings. The summed E-state index contributed by atoms with van der Waals surface area (Å²) in [5.41, 5.74) is -1.00. The molecular weight excluding hydrogens is 483 g/mol. The largest absolute Gasteiger partial charge is 0.493 e. The summed E-state index contributed by atoms with van der Waals surface area (Å²) in [5.74, 6) is -0.0963. The van der Waals surface area contributed by atoms with Crippen molar-refractivity contribution in [3.05, 3.63) is 63.3 Å². The van der Waals surface area contributed by atoms with Gasteiger partial charge in [-0.1, -0.05) is 17.7 Å². The van der Waals surface area contributed by atoms with Crippen molar-refractivity contribution in [3.63, 3.8) is 0 Å². The Morgan fingerprint density at radius 2 is 1.88 bits per heavy atom. The van der Waals surface area contributed by atoms with Gasteiger partial charge in [-0.15, -0.1) is 0 Å². The zero-order chi connectivity index (χ0) is 24.2. The van der Waals surface area contributed by atoms with Gasteiger partial charge in [0.15, 0.2) is 11.0 Å². The second kappa shape index (κ2) is 10.1. The van der Waals surface area contributed by atoms with E-state index >= 15 is 0 Å². The Kier molecular flexibility index (Phi) is 7.71. The molecule has 2 aromatic carbocycles. The summed E-state index contributed by atoms with van der Waals surface area (Å²) in [6.07, 6.45) is -3.05. The van der Waals surface area contributed by atoms with E-state index in [2.05, 4.69) is 5.32 Å². The van der Waals surface area contributed by atoms with Crippen LogP contribution in [0.5, 0.6) is 5.75 Å². The molecule has 1 aromatic heterocycles. The van der Waals surface area contributed by atoms with Crippen LogP contribution in [0.15, 0.2) is 51.7 Å². The minimum absolute atomic E-state index is 0.0187. The first-order valence-electron chi connectivity index (χ1n) is 9.91. The number of nitrogens with one attached hydrogen (secondary N) is 1. The number of benzene rings is 2. The van der Waals surface area contributed by atoms with Crippen LogP contribution in [0.3, 0.4) is 0 Å². The smallest absolute Gasteiger partial charge is 0.416 e. The highest BCUT2D eigenvalue weighted by Crippen LogP contribution is 2.38. The molecule has 0 aliphatic rings. The molecule has 0 unspecified atom stereocenters. The third-order valence-electron chi connectivity index (χ3n) is 4.69. The zero-order valence-corrected chi connectivity index (χ0v) is 19.1. The molecule has 0 radical (unpaired) electrons. The lowest BCUT2D eigenvalue weighted by Crippen LogP contribution is -2.24. The molecule has 178 valence electrons. The number of para-hydroxylation sites is 1. The standard InChI is InChI=1S/C22H21ClF3NO5S/c1-33(29,30)11-9-27-8-3-10-31-19-12-14(22(24,25)26)6-7-16(19)20-13-18(28)15-4-2-5-17(23)21(15)32-20/h2,4-7,12-13,27H,3,8-11H2,1H3. The summed E-state index contributed by atoms with van der Waals surface area (Å²) in [5, 5.41) is 3.38. The fourth-order valence-electron chi connectivity index (χ4n) is 3.06. The second-order valence-corrected chi connectivity index (χ2v) is 10.0. The van der Waals surface area contributed by atoms with E-state index in [4.69, 9.17) is 20.8 Å². The van der Waals surface area contributed by atoms with Gasteiger partial charge in [0.2, 0.25) is 0 Å². The minimum Gasteiger partial charge on any atom is -0.493 e. The molecule has 1 N–H and O–H groups in total. The van der Waals surface area contributed by atoms with Crippen LogP contribution in [-0.2, 0) is 16.0 Å². The van der Waals surface area contributed by atoms with E-state index in [1.165, 1.54) is 24.3 Å². The maximum atomic E-state index is 13.2. The van der Waals surface area contributed by atoms with E-state index in [0.717, 1.165) is 18.4 Å². The highest BCUT2D eigenvalue weighted by atomic mass is 35.5. The zero-order valence-electron chi connectivity index (χ0n) is 17.5. The normalized spacial score (nSPS) is 12.3. The minimum atomic E-state index is -4.59. The Morgan fingerprint density at radius 3 is 2.58 bits per heavy atom. The van der Waals surface area contributed by atoms with Crippen molar-refractivity contribution in [1.29, 1.82) is 0 Å². The van der Waals surface area contributed by atoms with E-state index < -0.39 is 27.0 Å². The van der Waals surface area contributed by atoms with Crippen LogP contribution in [0.25, 0.3) is 22.3 Å². The average molecular weight is 504 g/mol. The van der Waals surface area contributed by atoms with Crippen molar-refractivity contribution in [2.24, 2.45) is 0 Å². The van der Waals surface area contributed by atoms with Gasteiger partial charge < -0.3 is 14.5 Å². The van der Waals surface area contributed by atoms with Crippen molar-refractivity contribution in [2.45, 2.75) is 12.6 Å². The molecular formula is C22H21ClF3NO5S. The molecule has 3 rings (SSSR count). The summed E-state index contributed by atoms with van der Waals surface area (Å²) >= 11 is 6.13. The molecule has 0 aliphatic heterocycles. The molecule has 0 bridgehead atoms. The van der Waals surface area contributed by atoms with Crippen molar-refractivity contribution in [3.8, 4) is 17.1 Å². The molecule has 1 heterocycles. The number of hydrogen-bond donors (Lipinski definition) is 1. The molecule has 0 saturated heterocycles. The maximum absolute atomic E-state index is 13.2. The third kappa shape index (κ3) is 6.72. The van der Waals surface area contributed by atoms with Crippen LogP contribution in [-0.4, -0.2) is 40.1 Å². The van der Waals surface area contributed by atoms with Crippen molar-refractivity contribution in [1.82, 2.24) is 5.32 Å². The number of fused-ring (bicyclic) bond motifs is 1. The first-order valence-corrected chi connectivity index (χ1v) is 12.3. The topological polar surface area (TPSA) is 85.6 Å². The lowest BCUT2D eigenvalue weighted by Gasteiger charge is -2.15. The average Bonchev–Trinajstić information content (AvgIpc) is 2.72. The third-order valence-corrected chi connectivity index (χ3v) is 5.93. The Morgan fingerprint density at radius 1 is 1.12 bits per heavy atom. The first kappa shape index (κ1) is 25.1. The molecule has 0 aliphatic carbocycles. The monoisotopic (exact) mass is 503 g/mol. The van der Waals surface area contributed by atoms with Gasteiger partial charge in [0.1, 0.15) is 21.3 Å². The molecule has 0 fully saturated rings. The highest BCUT2D eigenvalue weighted by molar-refractivity contribution is 7.90. The van der Waals surface area contributed by atoms with Gasteiger partial charge in [0.05, 0.1) is 33.9 Å². The van der Waals surface area contributed by atoms with E-state index in [1.807, 2.05) is 0 Å². The van der Waals surface area contributed by atoms with Crippen LogP contribution in [0, 0.1) is 0 Å². The molecule has 0 saturated carbocycles. The fraction of sp³-hybridized carbons (Fsp3) is 0.318. The van der Waals surface area contributed by atoms with E-state index in [1.54, 1.807) is 6.07 Å². The van der Waals surface area contributed by atoms with Gasteiger partial charge in [0.25, 0.3) is 0 Å². The summed E-state index contributed by atoms with van der Waals surface area (Å²) in [6, 6.07) is 8.77. The van der Waals surface area contributed by atoms with Gasteiger partial charge >= 0.3 is 6.18 Å². The quantitative estimate of drug-likeness (QED) is 0.432. The molecule has 0 spiro atoms. The summed E-state index contributed by atoms with van der Waals surface area (Å²) in [6.45, 7) is 0.722. The van der Waals surface area contributed by atoms with E-state index in [-0.39, 0.29) is 52.0 Å². The molecule has 6 nitrogen and oxygen atoms in total.